The Morgan fingerprint density at radius 1 is 1.05 bits per heavy atom. The molecule has 1 N–H and O–H groups in total. The van der Waals surface area contributed by atoms with Gasteiger partial charge in [-0.05, 0) is 43.5 Å². The van der Waals surface area contributed by atoms with Gasteiger partial charge in [0.25, 0.3) is 5.91 Å². The number of aromatic carboxylic acids is 1. The van der Waals surface area contributed by atoms with Gasteiger partial charge in [0.1, 0.15) is 11.5 Å². The largest absolute Gasteiger partial charge is 0.478 e. The van der Waals surface area contributed by atoms with E-state index < -0.39 is 5.97 Å². The number of imide groups is 1. The minimum atomic E-state index is -0.970. The average molecular weight is 536 g/mol. The third-order valence-electron chi connectivity index (χ3n) is 6.49. The number of urea groups is 1. The zero-order valence-electron chi connectivity index (χ0n) is 22.0. The zero-order valence-corrected chi connectivity index (χ0v) is 22.8. The number of unbranched alkanes of at least 4 members (excludes halogenated alkanes) is 2. The van der Waals surface area contributed by atoms with Crippen LogP contribution in [0.2, 0.25) is 0 Å². The van der Waals surface area contributed by atoms with Gasteiger partial charge in [0.05, 0.1) is 34.7 Å². The molecule has 0 radical (unpaired) electrons. The third kappa shape index (κ3) is 6.02. The molecule has 3 heterocycles. The number of carbonyl (C=O) groups is 3. The van der Waals surface area contributed by atoms with Crippen molar-refractivity contribution in [2.75, 3.05) is 6.54 Å². The molecule has 1 aromatic carbocycles. The summed E-state index contributed by atoms with van der Waals surface area (Å²) >= 11 is 1.49. The number of hydrogen-bond acceptors (Lipinski definition) is 6. The number of aryl methyl sites for hydroxylation is 2. The van der Waals surface area contributed by atoms with Gasteiger partial charge in [-0.15, -0.1) is 11.3 Å². The normalized spacial score (nSPS) is 14.8. The van der Waals surface area contributed by atoms with Crippen LogP contribution in [-0.2, 0) is 24.3 Å². The molecule has 0 saturated carbocycles. The maximum Gasteiger partial charge on any atom is 0.335 e. The van der Waals surface area contributed by atoms with Gasteiger partial charge in [-0.3, -0.25) is 14.6 Å². The quantitative estimate of drug-likeness (QED) is 0.248. The number of carbonyl (C=O) groups excluding carboxylic acids is 2. The highest BCUT2D eigenvalue weighted by Gasteiger charge is 2.41. The van der Waals surface area contributed by atoms with Crippen molar-refractivity contribution in [3.8, 4) is 0 Å². The predicted molar refractivity (Wildman–Crippen MR) is 146 cm³/mol. The van der Waals surface area contributed by atoms with Gasteiger partial charge in [0.2, 0.25) is 0 Å². The number of nitrogens with zero attached hydrogens (tertiary/aromatic N) is 5. The molecular formula is C28H33N5O4S. The molecule has 3 aromatic rings. The van der Waals surface area contributed by atoms with E-state index in [-0.39, 0.29) is 24.0 Å². The number of amides is 3. The smallest absolute Gasteiger partial charge is 0.335 e. The lowest BCUT2D eigenvalue weighted by Crippen LogP contribution is -2.33. The minimum Gasteiger partial charge on any atom is -0.478 e. The number of carboxylic acid groups (broad SMARTS) is 1. The molecule has 1 saturated heterocycles. The number of carboxylic acids is 1. The molecule has 200 valence electrons. The molecule has 0 aliphatic carbocycles. The molecule has 2 aromatic heterocycles. The Morgan fingerprint density at radius 3 is 2.42 bits per heavy atom. The lowest BCUT2D eigenvalue weighted by Gasteiger charge is -2.17. The number of rotatable bonds is 12. The van der Waals surface area contributed by atoms with Crippen molar-refractivity contribution in [3.05, 3.63) is 74.9 Å². The molecule has 3 amide bonds. The highest BCUT2D eigenvalue weighted by molar-refractivity contribution is 7.09. The van der Waals surface area contributed by atoms with Crippen LogP contribution in [0.5, 0.6) is 0 Å². The van der Waals surface area contributed by atoms with Crippen molar-refractivity contribution in [1.29, 1.82) is 0 Å². The van der Waals surface area contributed by atoms with Crippen molar-refractivity contribution in [2.45, 2.75) is 66.0 Å². The number of imidazole rings is 1. The first-order chi connectivity index (χ1) is 18.3. The Labute approximate surface area is 226 Å². The highest BCUT2D eigenvalue weighted by atomic mass is 32.1. The van der Waals surface area contributed by atoms with E-state index in [1.807, 2.05) is 23.8 Å². The number of benzene rings is 1. The van der Waals surface area contributed by atoms with Crippen molar-refractivity contribution < 1.29 is 19.5 Å². The van der Waals surface area contributed by atoms with Gasteiger partial charge in [-0.1, -0.05) is 38.8 Å². The summed E-state index contributed by atoms with van der Waals surface area (Å²) in [5.41, 5.74) is 2.90. The van der Waals surface area contributed by atoms with Gasteiger partial charge in [0, 0.05) is 24.9 Å². The predicted octanol–water partition coefficient (Wildman–Crippen LogP) is 5.34. The molecule has 4 rings (SSSR count). The second-order valence-electron chi connectivity index (χ2n) is 9.36. The molecule has 1 aliphatic heterocycles. The molecule has 0 spiro atoms. The summed E-state index contributed by atoms with van der Waals surface area (Å²) in [7, 11) is 0. The van der Waals surface area contributed by atoms with E-state index in [9.17, 15) is 19.5 Å². The SMILES string of the molecule is CCCCc1ncc(/C=C2\C(=O)N(Cc3csc(C)n3)C(=O)N2CCCC)n1Cc1ccc(C(=O)O)cc1. The van der Waals surface area contributed by atoms with E-state index in [2.05, 4.69) is 16.9 Å². The zero-order chi connectivity index (χ0) is 27.2. The van der Waals surface area contributed by atoms with Crippen LogP contribution in [0.25, 0.3) is 6.08 Å². The molecule has 9 nitrogen and oxygen atoms in total. The van der Waals surface area contributed by atoms with Gasteiger partial charge >= 0.3 is 12.0 Å². The van der Waals surface area contributed by atoms with Crippen molar-refractivity contribution in [1.82, 2.24) is 24.3 Å². The fourth-order valence-corrected chi connectivity index (χ4v) is 4.98. The Bertz CT molecular complexity index is 1340. The Hall–Kier alpha value is -3.79. The molecule has 0 unspecified atom stereocenters. The van der Waals surface area contributed by atoms with Crippen molar-refractivity contribution >= 4 is 35.3 Å². The highest BCUT2D eigenvalue weighted by Crippen LogP contribution is 2.27. The van der Waals surface area contributed by atoms with E-state index in [1.54, 1.807) is 41.4 Å². The van der Waals surface area contributed by atoms with E-state index in [4.69, 9.17) is 0 Å². The summed E-state index contributed by atoms with van der Waals surface area (Å²) in [5, 5.41) is 12.0. The van der Waals surface area contributed by atoms with E-state index in [1.165, 1.54) is 16.2 Å². The van der Waals surface area contributed by atoms with E-state index in [0.29, 0.717) is 24.5 Å². The van der Waals surface area contributed by atoms with Crippen LogP contribution in [0.1, 0.15) is 77.7 Å². The topological polar surface area (TPSA) is 109 Å². The summed E-state index contributed by atoms with van der Waals surface area (Å²) in [6.45, 7) is 7.12. The van der Waals surface area contributed by atoms with Crippen LogP contribution in [-0.4, -0.2) is 53.9 Å². The molecule has 10 heteroatoms. The van der Waals surface area contributed by atoms with Crippen LogP contribution in [0.4, 0.5) is 4.79 Å². The van der Waals surface area contributed by atoms with Crippen molar-refractivity contribution in [2.24, 2.45) is 0 Å². The second kappa shape index (κ2) is 12.2. The molecule has 38 heavy (non-hydrogen) atoms. The van der Waals surface area contributed by atoms with Gasteiger partial charge in [-0.25, -0.2) is 19.6 Å². The Kier molecular flexibility index (Phi) is 8.73. The van der Waals surface area contributed by atoms with Crippen molar-refractivity contribution in [3.63, 3.8) is 0 Å². The maximum absolute atomic E-state index is 13.5. The maximum atomic E-state index is 13.5. The summed E-state index contributed by atoms with van der Waals surface area (Å²) in [6, 6.07) is 6.42. The minimum absolute atomic E-state index is 0.138. The van der Waals surface area contributed by atoms with E-state index >= 15 is 0 Å². The molecule has 0 atom stereocenters. The fraction of sp³-hybridized carbons (Fsp3) is 0.393. The number of hydrogen-bond donors (Lipinski definition) is 1. The Balaban J connectivity index is 1.69. The number of thiazole rings is 1. The lowest BCUT2D eigenvalue weighted by atomic mass is 10.1. The summed E-state index contributed by atoms with van der Waals surface area (Å²) in [6.07, 6.45) is 7.92. The van der Waals surface area contributed by atoms with Gasteiger partial charge < -0.3 is 9.67 Å². The van der Waals surface area contributed by atoms with Gasteiger partial charge in [0.15, 0.2) is 0 Å². The average Bonchev–Trinajstić information content (AvgIpc) is 3.55. The van der Waals surface area contributed by atoms with Crippen LogP contribution >= 0.6 is 11.3 Å². The molecule has 1 fully saturated rings. The first kappa shape index (κ1) is 27.3. The van der Waals surface area contributed by atoms with Crippen LogP contribution in [0.3, 0.4) is 0 Å². The first-order valence-electron chi connectivity index (χ1n) is 12.9. The van der Waals surface area contributed by atoms with Gasteiger partial charge in [-0.2, -0.15) is 0 Å². The molecule has 0 bridgehead atoms. The van der Waals surface area contributed by atoms with Crippen LogP contribution in [0, 0.1) is 6.92 Å². The molecule has 1 aliphatic rings. The lowest BCUT2D eigenvalue weighted by molar-refractivity contribution is -0.123. The Morgan fingerprint density at radius 2 is 1.79 bits per heavy atom. The first-order valence-corrected chi connectivity index (χ1v) is 13.8. The monoisotopic (exact) mass is 535 g/mol. The van der Waals surface area contributed by atoms with Crippen LogP contribution in [0.15, 0.2) is 41.5 Å². The summed E-state index contributed by atoms with van der Waals surface area (Å²) in [4.78, 5) is 50.0. The summed E-state index contributed by atoms with van der Waals surface area (Å²) in [5.74, 6) is -0.430. The molecular weight excluding hydrogens is 502 g/mol. The number of aromatic nitrogens is 3. The van der Waals surface area contributed by atoms with Crippen LogP contribution < -0.4 is 0 Å². The summed E-state index contributed by atoms with van der Waals surface area (Å²) < 4.78 is 2.04. The third-order valence-corrected chi connectivity index (χ3v) is 7.31. The standard InChI is InChI=1S/C28H33N5O4S/c1-4-6-8-25-29-15-23(32(25)16-20-9-11-21(12-10-20)27(35)36)14-24-26(34)33(17-22-18-38-19(3)30-22)28(37)31(24)13-7-5-2/h9-12,14-15,18H,4-8,13,16-17H2,1-3H3,(H,35,36)/b24-14+. The second-order valence-corrected chi connectivity index (χ2v) is 10.4. The fourth-order valence-electron chi connectivity index (χ4n) is 4.38. The van der Waals surface area contributed by atoms with E-state index in [0.717, 1.165) is 54.2 Å².